The quantitative estimate of drug-likeness (QED) is 0.897. The van der Waals surface area contributed by atoms with E-state index in [1.807, 2.05) is 19.1 Å². The molecule has 0 aliphatic rings. The van der Waals surface area contributed by atoms with Crippen LogP contribution in [0.4, 0.5) is 5.69 Å². The molecule has 2 aromatic heterocycles. The number of aryl methyl sites for hydroxylation is 1. The first kappa shape index (κ1) is 12.4. The van der Waals surface area contributed by atoms with Crippen molar-refractivity contribution in [1.29, 1.82) is 0 Å². The predicted octanol–water partition coefficient (Wildman–Crippen LogP) is 2.82. The lowest BCUT2D eigenvalue weighted by atomic mass is 10.1. The van der Waals surface area contributed by atoms with Gasteiger partial charge in [-0.25, -0.2) is 0 Å². The minimum absolute atomic E-state index is 0.669. The molecule has 4 nitrogen and oxygen atoms in total. The fourth-order valence-electron chi connectivity index (χ4n) is 1.75. The van der Waals surface area contributed by atoms with Crippen LogP contribution in [0.5, 0.6) is 5.75 Å². The molecule has 0 amide bonds. The molecule has 94 valence electrons. The molecule has 0 aliphatic carbocycles. The average molecular weight is 243 g/mol. The molecule has 2 N–H and O–H groups in total. The van der Waals surface area contributed by atoms with Crippen LogP contribution in [0, 0.1) is 6.92 Å². The normalized spacial score (nSPS) is 10.3. The molecule has 4 heteroatoms. The minimum atomic E-state index is 0.669. The molecule has 0 saturated heterocycles. The summed E-state index contributed by atoms with van der Waals surface area (Å²) in [5.41, 5.74) is 9.23. The number of nitrogen functional groups attached to an aromatic ring is 1. The highest BCUT2D eigenvalue weighted by Crippen LogP contribution is 2.24. The molecule has 0 fully saturated rings. The molecule has 0 atom stereocenters. The van der Waals surface area contributed by atoms with Gasteiger partial charge < -0.3 is 10.5 Å². The molecule has 2 aromatic rings. The first-order chi connectivity index (χ1) is 8.70. The van der Waals surface area contributed by atoms with Gasteiger partial charge in [0.15, 0.2) is 0 Å². The molecule has 2 rings (SSSR count). The van der Waals surface area contributed by atoms with E-state index >= 15 is 0 Å². The van der Waals surface area contributed by atoms with Crippen LogP contribution in [-0.2, 0) is 0 Å². The number of rotatable bonds is 4. The van der Waals surface area contributed by atoms with Crippen LogP contribution >= 0.6 is 0 Å². The third kappa shape index (κ3) is 2.77. The van der Waals surface area contributed by atoms with E-state index in [2.05, 4.69) is 16.9 Å². The van der Waals surface area contributed by atoms with Crippen molar-refractivity contribution in [1.82, 2.24) is 9.97 Å². The summed E-state index contributed by atoms with van der Waals surface area (Å²) in [6, 6.07) is 3.86. The van der Waals surface area contributed by atoms with Crippen molar-refractivity contribution in [3.05, 3.63) is 36.3 Å². The molecule has 2 heterocycles. The van der Waals surface area contributed by atoms with Crippen molar-refractivity contribution in [2.45, 2.75) is 20.3 Å². The smallest absolute Gasteiger partial charge is 0.138 e. The summed E-state index contributed by atoms with van der Waals surface area (Å²) in [4.78, 5) is 8.53. The third-order valence-electron chi connectivity index (χ3n) is 2.56. The summed E-state index contributed by atoms with van der Waals surface area (Å²) >= 11 is 0. The highest BCUT2D eigenvalue weighted by molar-refractivity contribution is 5.65. The molecule has 0 aromatic carbocycles. The number of ether oxygens (including phenoxy) is 1. The van der Waals surface area contributed by atoms with Gasteiger partial charge in [-0.1, -0.05) is 6.92 Å². The third-order valence-corrected chi connectivity index (χ3v) is 2.56. The van der Waals surface area contributed by atoms with Gasteiger partial charge in [-0.05, 0) is 31.0 Å². The van der Waals surface area contributed by atoms with Gasteiger partial charge in [0.05, 0.1) is 30.4 Å². The number of hydrogen-bond acceptors (Lipinski definition) is 4. The zero-order valence-corrected chi connectivity index (χ0v) is 10.7. The second-order valence-electron chi connectivity index (χ2n) is 4.19. The van der Waals surface area contributed by atoms with E-state index in [1.54, 1.807) is 18.6 Å². The molecule has 18 heavy (non-hydrogen) atoms. The number of anilines is 1. The van der Waals surface area contributed by atoms with Gasteiger partial charge in [-0.3, -0.25) is 9.97 Å². The maximum atomic E-state index is 5.70. The van der Waals surface area contributed by atoms with Crippen LogP contribution in [0.2, 0.25) is 0 Å². The first-order valence-corrected chi connectivity index (χ1v) is 6.01. The van der Waals surface area contributed by atoms with Crippen molar-refractivity contribution < 1.29 is 4.74 Å². The Labute approximate surface area is 107 Å². The van der Waals surface area contributed by atoms with Gasteiger partial charge in [0.2, 0.25) is 0 Å². The van der Waals surface area contributed by atoms with E-state index in [9.17, 15) is 0 Å². The van der Waals surface area contributed by atoms with E-state index in [1.165, 1.54) is 0 Å². The summed E-state index contributed by atoms with van der Waals surface area (Å²) in [5.74, 6) is 0.771. The molecule has 0 spiro atoms. The Bertz CT molecular complexity index is 540. The summed E-state index contributed by atoms with van der Waals surface area (Å²) in [6.07, 6.45) is 6.13. The second kappa shape index (κ2) is 5.49. The lowest BCUT2D eigenvalue weighted by molar-refractivity contribution is 0.316. The van der Waals surface area contributed by atoms with Gasteiger partial charge >= 0.3 is 0 Å². The predicted molar refractivity (Wildman–Crippen MR) is 72.4 cm³/mol. The largest absolute Gasteiger partial charge is 0.492 e. The van der Waals surface area contributed by atoms with Crippen molar-refractivity contribution in [3.8, 4) is 17.0 Å². The van der Waals surface area contributed by atoms with Crippen molar-refractivity contribution in [3.63, 3.8) is 0 Å². The van der Waals surface area contributed by atoms with E-state index in [-0.39, 0.29) is 0 Å². The highest BCUT2D eigenvalue weighted by atomic mass is 16.5. The zero-order chi connectivity index (χ0) is 13.0. The number of aromatic nitrogens is 2. The maximum absolute atomic E-state index is 5.70. The standard InChI is InChI=1S/C14H17N3O/c1-3-4-18-13-6-11(7-16-9-13)14-10(2)5-12(15)8-17-14/h5-9H,3-4,15H2,1-2H3. The van der Waals surface area contributed by atoms with Crippen molar-refractivity contribution in [2.75, 3.05) is 12.3 Å². The SMILES string of the molecule is CCCOc1cncc(-c2ncc(N)cc2C)c1. The second-order valence-corrected chi connectivity index (χ2v) is 4.19. The van der Waals surface area contributed by atoms with Gasteiger partial charge in [-0.15, -0.1) is 0 Å². The van der Waals surface area contributed by atoms with Crippen LogP contribution in [0.25, 0.3) is 11.3 Å². The van der Waals surface area contributed by atoms with E-state index in [4.69, 9.17) is 10.5 Å². The van der Waals surface area contributed by atoms with E-state index in [0.29, 0.717) is 12.3 Å². The highest BCUT2D eigenvalue weighted by Gasteiger charge is 2.06. The Morgan fingerprint density at radius 3 is 2.78 bits per heavy atom. The summed E-state index contributed by atoms with van der Waals surface area (Å²) in [7, 11) is 0. The topological polar surface area (TPSA) is 61.0 Å². The number of hydrogen-bond donors (Lipinski definition) is 1. The molecule has 0 aliphatic heterocycles. The van der Waals surface area contributed by atoms with Gasteiger partial charge in [0.1, 0.15) is 5.75 Å². The number of nitrogens with zero attached hydrogens (tertiary/aromatic N) is 2. The van der Waals surface area contributed by atoms with Crippen LogP contribution in [-0.4, -0.2) is 16.6 Å². The molecule has 0 saturated carbocycles. The van der Waals surface area contributed by atoms with Gasteiger partial charge in [-0.2, -0.15) is 0 Å². The van der Waals surface area contributed by atoms with Crippen molar-refractivity contribution in [2.24, 2.45) is 0 Å². The first-order valence-electron chi connectivity index (χ1n) is 6.01. The Morgan fingerprint density at radius 1 is 1.22 bits per heavy atom. The van der Waals surface area contributed by atoms with Gasteiger partial charge in [0.25, 0.3) is 0 Å². The van der Waals surface area contributed by atoms with E-state index < -0.39 is 0 Å². The fraction of sp³-hybridized carbons (Fsp3) is 0.286. The Kier molecular flexibility index (Phi) is 3.77. The lowest BCUT2D eigenvalue weighted by Crippen LogP contribution is -1.97. The molecule has 0 radical (unpaired) electrons. The van der Waals surface area contributed by atoms with Gasteiger partial charge in [0, 0.05) is 11.8 Å². The van der Waals surface area contributed by atoms with Crippen LogP contribution in [0.1, 0.15) is 18.9 Å². The van der Waals surface area contributed by atoms with Crippen LogP contribution in [0.3, 0.4) is 0 Å². The molecule has 0 bridgehead atoms. The number of pyridine rings is 2. The molecular weight excluding hydrogens is 226 g/mol. The average Bonchev–Trinajstić information content (AvgIpc) is 2.36. The Balaban J connectivity index is 2.32. The summed E-state index contributed by atoms with van der Waals surface area (Å²) < 4.78 is 5.57. The monoisotopic (exact) mass is 243 g/mol. The summed E-state index contributed by atoms with van der Waals surface area (Å²) in [6.45, 7) is 4.75. The fourth-order valence-corrected chi connectivity index (χ4v) is 1.75. The Hall–Kier alpha value is -2.10. The maximum Gasteiger partial charge on any atom is 0.138 e. The van der Waals surface area contributed by atoms with Crippen LogP contribution in [0.15, 0.2) is 30.7 Å². The molecule has 0 unspecified atom stereocenters. The van der Waals surface area contributed by atoms with E-state index in [0.717, 1.165) is 29.0 Å². The number of nitrogens with two attached hydrogens (primary N) is 1. The summed E-state index contributed by atoms with van der Waals surface area (Å²) in [5, 5.41) is 0. The zero-order valence-electron chi connectivity index (χ0n) is 10.7. The Morgan fingerprint density at radius 2 is 2.06 bits per heavy atom. The lowest BCUT2D eigenvalue weighted by Gasteiger charge is -2.08. The van der Waals surface area contributed by atoms with Crippen molar-refractivity contribution >= 4 is 5.69 Å². The molecular formula is C14H17N3O. The minimum Gasteiger partial charge on any atom is -0.492 e. The van der Waals surface area contributed by atoms with Crippen LogP contribution < -0.4 is 10.5 Å².